The summed E-state index contributed by atoms with van der Waals surface area (Å²) in [5.74, 6) is -0.135. The first-order valence-electron chi connectivity index (χ1n) is 7.67. The van der Waals surface area contributed by atoms with Gasteiger partial charge < -0.3 is 5.32 Å². The van der Waals surface area contributed by atoms with Crippen molar-refractivity contribution < 1.29 is 4.39 Å². The lowest BCUT2D eigenvalue weighted by molar-refractivity contribution is 0.131. The zero-order valence-corrected chi connectivity index (χ0v) is 13.0. The Labute approximate surface area is 122 Å². The molecular formula is C17H27FN2. The predicted molar refractivity (Wildman–Crippen MR) is 82.2 cm³/mol. The fourth-order valence-electron chi connectivity index (χ4n) is 2.79. The van der Waals surface area contributed by atoms with Crippen LogP contribution in [-0.2, 0) is 6.54 Å². The van der Waals surface area contributed by atoms with E-state index in [1.165, 1.54) is 25.3 Å². The molecule has 1 fully saturated rings. The Morgan fingerprint density at radius 3 is 2.80 bits per heavy atom. The second kappa shape index (κ2) is 6.68. The number of hydrogen-bond donors (Lipinski definition) is 1. The van der Waals surface area contributed by atoms with Crippen LogP contribution in [0, 0.1) is 5.82 Å². The summed E-state index contributed by atoms with van der Waals surface area (Å²) in [6.45, 7) is 9.59. The number of piperidine rings is 1. The lowest BCUT2D eigenvalue weighted by atomic mass is 9.99. The van der Waals surface area contributed by atoms with Crippen LogP contribution in [0.1, 0.15) is 45.6 Å². The van der Waals surface area contributed by atoms with E-state index < -0.39 is 0 Å². The third-order valence-electron chi connectivity index (χ3n) is 3.89. The first-order valence-corrected chi connectivity index (χ1v) is 7.67. The van der Waals surface area contributed by atoms with E-state index in [1.54, 1.807) is 12.1 Å². The minimum atomic E-state index is -0.135. The summed E-state index contributed by atoms with van der Waals surface area (Å²) in [5.41, 5.74) is 1.23. The molecule has 0 radical (unpaired) electrons. The molecule has 2 nitrogen and oxygen atoms in total. The van der Waals surface area contributed by atoms with Gasteiger partial charge in [0.2, 0.25) is 0 Å². The number of nitrogens with zero attached hydrogens (tertiary/aromatic N) is 1. The van der Waals surface area contributed by atoms with Crippen molar-refractivity contribution in [2.75, 3.05) is 13.1 Å². The Hall–Kier alpha value is -0.930. The molecule has 3 heteroatoms. The van der Waals surface area contributed by atoms with Crippen molar-refractivity contribution in [1.29, 1.82) is 0 Å². The van der Waals surface area contributed by atoms with Crippen LogP contribution in [0.25, 0.3) is 0 Å². The van der Waals surface area contributed by atoms with Crippen molar-refractivity contribution in [3.8, 4) is 0 Å². The summed E-state index contributed by atoms with van der Waals surface area (Å²) < 4.78 is 13.3. The van der Waals surface area contributed by atoms with Gasteiger partial charge in [-0.05, 0) is 57.9 Å². The SMILES string of the molecule is CC(C)(C)NCC1CCCCN1Cc1cccc(F)c1. The van der Waals surface area contributed by atoms with E-state index in [9.17, 15) is 4.39 Å². The molecule has 2 rings (SSSR count). The maximum atomic E-state index is 13.3. The van der Waals surface area contributed by atoms with Gasteiger partial charge in [-0.2, -0.15) is 0 Å². The molecule has 0 spiro atoms. The maximum absolute atomic E-state index is 13.3. The molecule has 20 heavy (non-hydrogen) atoms. The minimum absolute atomic E-state index is 0.135. The van der Waals surface area contributed by atoms with Crippen LogP contribution in [0.15, 0.2) is 24.3 Å². The standard InChI is InChI=1S/C17H27FN2/c1-17(2,3)19-12-16-9-4-5-10-20(16)13-14-7-6-8-15(18)11-14/h6-8,11,16,19H,4-5,9-10,12-13H2,1-3H3. The molecular weight excluding hydrogens is 251 g/mol. The molecule has 1 aliphatic rings. The third-order valence-corrected chi connectivity index (χ3v) is 3.89. The topological polar surface area (TPSA) is 15.3 Å². The van der Waals surface area contributed by atoms with Crippen LogP contribution in [0.5, 0.6) is 0 Å². The molecule has 1 N–H and O–H groups in total. The first kappa shape index (κ1) is 15.5. The van der Waals surface area contributed by atoms with E-state index in [1.807, 2.05) is 6.07 Å². The average molecular weight is 278 g/mol. The normalized spacial score (nSPS) is 21.1. The molecule has 1 saturated heterocycles. The van der Waals surface area contributed by atoms with Gasteiger partial charge in [0.25, 0.3) is 0 Å². The van der Waals surface area contributed by atoms with Gasteiger partial charge in [0, 0.05) is 24.7 Å². The van der Waals surface area contributed by atoms with E-state index in [-0.39, 0.29) is 11.4 Å². The van der Waals surface area contributed by atoms with Crippen molar-refractivity contribution in [3.05, 3.63) is 35.6 Å². The van der Waals surface area contributed by atoms with Crippen molar-refractivity contribution in [3.63, 3.8) is 0 Å². The summed E-state index contributed by atoms with van der Waals surface area (Å²) in [4.78, 5) is 2.50. The monoisotopic (exact) mass is 278 g/mol. The fourth-order valence-corrected chi connectivity index (χ4v) is 2.79. The van der Waals surface area contributed by atoms with E-state index >= 15 is 0 Å². The Morgan fingerprint density at radius 1 is 1.30 bits per heavy atom. The van der Waals surface area contributed by atoms with Gasteiger partial charge in [0.05, 0.1) is 0 Å². The molecule has 1 atom stereocenters. The Balaban J connectivity index is 1.96. The van der Waals surface area contributed by atoms with Crippen molar-refractivity contribution in [1.82, 2.24) is 10.2 Å². The molecule has 0 bridgehead atoms. The smallest absolute Gasteiger partial charge is 0.123 e. The first-order chi connectivity index (χ1) is 9.44. The average Bonchev–Trinajstić information content (AvgIpc) is 2.37. The van der Waals surface area contributed by atoms with Gasteiger partial charge in [-0.1, -0.05) is 18.6 Å². The zero-order valence-electron chi connectivity index (χ0n) is 13.0. The van der Waals surface area contributed by atoms with Gasteiger partial charge in [0.15, 0.2) is 0 Å². The molecule has 112 valence electrons. The van der Waals surface area contributed by atoms with Crippen LogP contribution in [0.3, 0.4) is 0 Å². The molecule has 1 aromatic rings. The highest BCUT2D eigenvalue weighted by molar-refractivity contribution is 5.16. The number of likely N-dealkylation sites (tertiary alicyclic amines) is 1. The summed E-state index contributed by atoms with van der Waals surface area (Å²) in [6, 6.07) is 7.55. The van der Waals surface area contributed by atoms with Gasteiger partial charge >= 0.3 is 0 Å². The number of nitrogens with one attached hydrogen (secondary N) is 1. The van der Waals surface area contributed by atoms with Gasteiger partial charge in [0.1, 0.15) is 5.82 Å². The zero-order chi connectivity index (χ0) is 14.6. The lowest BCUT2D eigenvalue weighted by Gasteiger charge is -2.37. The van der Waals surface area contributed by atoms with Gasteiger partial charge in [-0.15, -0.1) is 0 Å². The molecule has 1 aromatic carbocycles. The summed E-state index contributed by atoms with van der Waals surface area (Å²) >= 11 is 0. The molecule has 1 aliphatic heterocycles. The van der Waals surface area contributed by atoms with E-state index in [2.05, 4.69) is 31.0 Å². The Bertz CT molecular complexity index is 425. The third kappa shape index (κ3) is 4.88. The van der Waals surface area contributed by atoms with Gasteiger partial charge in [-0.3, -0.25) is 4.90 Å². The Kier molecular flexibility index (Phi) is 5.17. The van der Waals surface area contributed by atoms with Crippen molar-refractivity contribution in [2.24, 2.45) is 0 Å². The minimum Gasteiger partial charge on any atom is -0.311 e. The number of benzene rings is 1. The predicted octanol–water partition coefficient (Wildman–Crippen LogP) is 3.57. The van der Waals surface area contributed by atoms with Gasteiger partial charge in [-0.25, -0.2) is 4.39 Å². The number of rotatable bonds is 4. The van der Waals surface area contributed by atoms with E-state index in [4.69, 9.17) is 0 Å². The van der Waals surface area contributed by atoms with Crippen LogP contribution in [0.4, 0.5) is 4.39 Å². The molecule has 0 aliphatic carbocycles. The summed E-state index contributed by atoms with van der Waals surface area (Å²) in [5, 5.41) is 3.60. The number of halogens is 1. The summed E-state index contributed by atoms with van der Waals surface area (Å²) in [6.07, 6.45) is 3.79. The highest BCUT2D eigenvalue weighted by atomic mass is 19.1. The maximum Gasteiger partial charge on any atom is 0.123 e. The highest BCUT2D eigenvalue weighted by Gasteiger charge is 2.23. The van der Waals surface area contributed by atoms with Crippen molar-refractivity contribution >= 4 is 0 Å². The highest BCUT2D eigenvalue weighted by Crippen LogP contribution is 2.20. The van der Waals surface area contributed by atoms with Crippen LogP contribution < -0.4 is 5.32 Å². The van der Waals surface area contributed by atoms with E-state index in [0.717, 1.165) is 25.2 Å². The number of hydrogen-bond acceptors (Lipinski definition) is 2. The summed E-state index contributed by atoms with van der Waals surface area (Å²) in [7, 11) is 0. The largest absolute Gasteiger partial charge is 0.311 e. The van der Waals surface area contributed by atoms with Crippen LogP contribution >= 0.6 is 0 Å². The van der Waals surface area contributed by atoms with Crippen molar-refractivity contribution in [2.45, 2.75) is 58.2 Å². The fraction of sp³-hybridized carbons (Fsp3) is 0.647. The molecule has 0 aromatic heterocycles. The van der Waals surface area contributed by atoms with Crippen LogP contribution in [-0.4, -0.2) is 29.6 Å². The molecule has 0 amide bonds. The lowest BCUT2D eigenvalue weighted by Crippen LogP contribution is -2.49. The van der Waals surface area contributed by atoms with E-state index in [0.29, 0.717) is 6.04 Å². The van der Waals surface area contributed by atoms with Crippen LogP contribution in [0.2, 0.25) is 0 Å². The second-order valence-electron chi connectivity index (χ2n) is 6.88. The Morgan fingerprint density at radius 2 is 2.10 bits per heavy atom. The molecule has 1 unspecified atom stereocenters. The second-order valence-corrected chi connectivity index (χ2v) is 6.88. The quantitative estimate of drug-likeness (QED) is 0.906. The molecule has 1 heterocycles. The molecule has 0 saturated carbocycles.